The third kappa shape index (κ3) is 4.62. The van der Waals surface area contributed by atoms with Crippen LogP contribution in [0.1, 0.15) is 60.2 Å². The molecule has 0 aliphatic rings. The zero-order valence-electron chi connectivity index (χ0n) is 11.9. The van der Waals surface area contributed by atoms with Gasteiger partial charge in [-0.2, -0.15) is 4.37 Å². The van der Waals surface area contributed by atoms with Crippen LogP contribution in [0.4, 0.5) is 5.13 Å². The number of anilines is 1. The van der Waals surface area contributed by atoms with Gasteiger partial charge in [0.25, 0.3) is 0 Å². The van der Waals surface area contributed by atoms with Crippen molar-refractivity contribution >= 4 is 16.7 Å². The Hall–Kier alpha value is -0.640. The first kappa shape index (κ1) is 14.4. The van der Waals surface area contributed by atoms with Crippen LogP contribution in [0, 0.1) is 5.92 Å². The average molecular weight is 255 g/mol. The first-order valence-electron chi connectivity index (χ1n) is 6.43. The second kappa shape index (κ2) is 5.80. The summed E-state index contributed by atoms with van der Waals surface area (Å²) in [5.74, 6) is 1.69. The second-order valence-electron chi connectivity index (χ2n) is 5.97. The van der Waals surface area contributed by atoms with E-state index in [-0.39, 0.29) is 5.41 Å². The summed E-state index contributed by atoms with van der Waals surface area (Å²) < 4.78 is 4.41. The molecular formula is C13H25N3S. The minimum Gasteiger partial charge on any atom is -0.358 e. The van der Waals surface area contributed by atoms with Crippen molar-refractivity contribution in [1.29, 1.82) is 0 Å². The SMILES string of the molecule is CCC(C)CC(C)Nc1nc(C(C)(C)C)ns1. The predicted octanol–water partition coefficient (Wildman–Crippen LogP) is 4.07. The highest BCUT2D eigenvalue weighted by Gasteiger charge is 2.20. The number of rotatable bonds is 5. The van der Waals surface area contributed by atoms with Crippen LogP contribution in [0.3, 0.4) is 0 Å². The summed E-state index contributed by atoms with van der Waals surface area (Å²) in [5.41, 5.74) is 0.0381. The maximum absolute atomic E-state index is 4.55. The Kier molecular flexibility index (Phi) is 4.92. The third-order valence-electron chi connectivity index (χ3n) is 2.92. The van der Waals surface area contributed by atoms with E-state index >= 15 is 0 Å². The standard InChI is InChI=1S/C13H25N3S/c1-7-9(2)8-10(3)14-12-15-11(16-17-12)13(4,5)6/h9-10H,7-8H2,1-6H3,(H,14,15,16). The summed E-state index contributed by atoms with van der Waals surface area (Å²) in [6.45, 7) is 13.2. The van der Waals surface area contributed by atoms with E-state index in [0.717, 1.165) is 16.9 Å². The maximum Gasteiger partial charge on any atom is 0.202 e. The molecule has 0 radical (unpaired) electrons. The van der Waals surface area contributed by atoms with E-state index in [0.29, 0.717) is 6.04 Å². The van der Waals surface area contributed by atoms with Crippen LogP contribution in [0.25, 0.3) is 0 Å². The van der Waals surface area contributed by atoms with Crippen LogP contribution in [-0.2, 0) is 5.41 Å². The molecule has 0 saturated heterocycles. The Labute approximate surface area is 109 Å². The quantitative estimate of drug-likeness (QED) is 0.861. The maximum atomic E-state index is 4.55. The highest BCUT2D eigenvalue weighted by atomic mass is 32.1. The van der Waals surface area contributed by atoms with Crippen LogP contribution in [-0.4, -0.2) is 15.4 Å². The van der Waals surface area contributed by atoms with E-state index in [1.54, 1.807) is 0 Å². The van der Waals surface area contributed by atoms with Crippen molar-refractivity contribution in [3.05, 3.63) is 5.82 Å². The van der Waals surface area contributed by atoms with Gasteiger partial charge in [0.2, 0.25) is 5.13 Å². The molecule has 1 aromatic heterocycles. The first-order valence-corrected chi connectivity index (χ1v) is 7.21. The highest BCUT2D eigenvalue weighted by molar-refractivity contribution is 7.09. The molecule has 2 unspecified atom stereocenters. The summed E-state index contributed by atoms with van der Waals surface area (Å²) in [7, 11) is 0. The van der Waals surface area contributed by atoms with Gasteiger partial charge in [-0.1, -0.05) is 41.0 Å². The summed E-state index contributed by atoms with van der Waals surface area (Å²) in [6, 6.07) is 0.464. The largest absolute Gasteiger partial charge is 0.358 e. The van der Waals surface area contributed by atoms with Crippen LogP contribution < -0.4 is 5.32 Å². The predicted molar refractivity (Wildman–Crippen MR) is 75.8 cm³/mol. The fourth-order valence-corrected chi connectivity index (χ4v) is 2.50. The van der Waals surface area contributed by atoms with Gasteiger partial charge in [-0.15, -0.1) is 0 Å². The van der Waals surface area contributed by atoms with Crippen LogP contribution in [0.5, 0.6) is 0 Å². The molecule has 1 aromatic rings. The van der Waals surface area contributed by atoms with Gasteiger partial charge in [0.1, 0.15) is 5.82 Å². The van der Waals surface area contributed by atoms with Crippen molar-refractivity contribution in [3.8, 4) is 0 Å². The zero-order valence-corrected chi connectivity index (χ0v) is 12.7. The fourth-order valence-electron chi connectivity index (χ4n) is 1.63. The van der Waals surface area contributed by atoms with E-state index in [9.17, 15) is 0 Å². The van der Waals surface area contributed by atoms with Gasteiger partial charge in [-0.3, -0.25) is 0 Å². The minimum absolute atomic E-state index is 0.0381. The molecule has 4 heteroatoms. The molecule has 1 rings (SSSR count). The van der Waals surface area contributed by atoms with Gasteiger partial charge in [-0.05, 0) is 19.3 Å². The lowest BCUT2D eigenvalue weighted by molar-refractivity contribution is 0.483. The smallest absolute Gasteiger partial charge is 0.202 e. The molecule has 3 nitrogen and oxygen atoms in total. The van der Waals surface area contributed by atoms with Crippen molar-refractivity contribution in [3.63, 3.8) is 0 Å². The molecule has 0 fully saturated rings. The number of hydrogen-bond acceptors (Lipinski definition) is 4. The Morgan fingerprint density at radius 2 is 1.94 bits per heavy atom. The second-order valence-corrected chi connectivity index (χ2v) is 6.72. The van der Waals surface area contributed by atoms with E-state index in [4.69, 9.17) is 0 Å². The molecule has 1 heterocycles. The molecule has 17 heavy (non-hydrogen) atoms. The number of aromatic nitrogens is 2. The molecule has 0 bridgehead atoms. The molecule has 0 saturated carbocycles. The van der Waals surface area contributed by atoms with E-state index in [2.05, 4.69) is 56.2 Å². The van der Waals surface area contributed by atoms with Crippen LogP contribution >= 0.6 is 11.5 Å². The van der Waals surface area contributed by atoms with Crippen LogP contribution in [0.15, 0.2) is 0 Å². The monoisotopic (exact) mass is 255 g/mol. The number of nitrogens with zero attached hydrogens (tertiary/aromatic N) is 2. The van der Waals surface area contributed by atoms with Gasteiger partial charge < -0.3 is 5.32 Å². The molecule has 1 N–H and O–H groups in total. The van der Waals surface area contributed by atoms with Gasteiger partial charge in [0.05, 0.1) is 0 Å². The molecule has 2 atom stereocenters. The van der Waals surface area contributed by atoms with E-state index < -0.39 is 0 Å². The van der Waals surface area contributed by atoms with Crippen molar-refractivity contribution in [2.75, 3.05) is 5.32 Å². The summed E-state index contributed by atoms with van der Waals surface area (Å²) in [5, 5.41) is 4.39. The normalized spacial score (nSPS) is 15.6. The van der Waals surface area contributed by atoms with Gasteiger partial charge >= 0.3 is 0 Å². The molecule has 0 spiro atoms. The first-order chi connectivity index (χ1) is 7.82. The Morgan fingerprint density at radius 1 is 1.29 bits per heavy atom. The average Bonchev–Trinajstić information content (AvgIpc) is 2.65. The van der Waals surface area contributed by atoms with Crippen LogP contribution in [0.2, 0.25) is 0 Å². The van der Waals surface area contributed by atoms with E-state index in [1.165, 1.54) is 24.4 Å². The lowest BCUT2D eigenvalue weighted by Crippen LogP contribution is -2.18. The van der Waals surface area contributed by atoms with Gasteiger partial charge in [0.15, 0.2) is 0 Å². The lowest BCUT2D eigenvalue weighted by Gasteiger charge is -2.16. The van der Waals surface area contributed by atoms with Gasteiger partial charge in [-0.25, -0.2) is 4.98 Å². The molecule has 0 aromatic carbocycles. The van der Waals surface area contributed by atoms with Crippen molar-refractivity contribution < 1.29 is 0 Å². The molecule has 98 valence electrons. The lowest BCUT2D eigenvalue weighted by atomic mass is 9.96. The Morgan fingerprint density at radius 3 is 2.41 bits per heavy atom. The Bertz CT molecular complexity index is 341. The summed E-state index contributed by atoms with van der Waals surface area (Å²) >= 11 is 1.47. The third-order valence-corrected chi connectivity index (χ3v) is 3.57. The minimum atomic E-state index is 0.0381. The van der Waals surface area contributed by atoms with Gasteiger partial charge in [0, 0.05) is 23.0 Å². The van der Waals surface area contributed by atoms with Crippen molar-refractivity contribution in [1.82, 2.24) is 9.36 Å². The summed E-state index contributed by atoms with van der Waals surface area (Å²) in [4.78, 5) is 4.55. The molecule has 0 aliphatic heterocycles. The zero-order chi connectivity index (χ0) is 13.1. The molecule has 0 aliphatic carbocycles. The number of hydrogen-bond donors (Lipinski definition) is 1. The molecule has 0 amide bonds. The van der Waals surface area contributed by atoms with Crippen molar-refractivity contribution in [2.24, 2.45) is 5.92 Å². The van der Waals surface area contributed by atoms with E-state index in [1.807, 2.05) is 0 Å². The fraction of sp³-hybridized carbons (Fsp3) is 0.846. The Balaban J connectivity index is 2.55. The summed E-state index contributed by atoms with van der Waals surface area (Å²) in [6.07, 6.45) is 2.41. The van der Waals surface area contributed by atoms with Crippen molar-refractivity contribution in [2.45, 2.75) is 65.8 Å². The molecular weight excluding hydrogens is 230 g/mol. The highest BCUT2D eigenvalue weighted by Crippen LogP contribution is 2.24. The number of nitrogens with one attached hydrogen (secondary N) is 1. The topological polar surface area (TPSA) is 37.8 Å².